The molecule has 0 amide bonds. The molecule has 1 N–H and O–H groups in total. The first-order valence-electron chi connectivity index (χ1n) is 6.84. The van der Waals surface area contributed by atoms with Crippen LogP contribution in [0, 0.1) is 0 Å². The average molecular weight is 221 g/mol. The minimum Gasteiger partial charge on any atom is -0.311 e. The molecule has 16 heavy (non-hydrogen) atoms. The van der Waals surface area contributed by atoms with E-state index in [2.05, 4.69) is 18.5 Å². The van der Waals surface area contributed by atoms with Crippen molar-refractivity contribution in [2.45, 2.75) is 69.9 Å². The Morgan fingerprint density at radius 3 is 1.88 bits per heavy atom. The van der Waals surface area contributed by atoms with Gasteiger partial charge in [0, 0.05) is 12.1 Å². The molecule has 1 heterocycles. The third kappa shape index (κ3) is 5.50. The monoisotopic (exact) mass is 221 g/mol. The first-order chi connectivity index (χ1) is 7.86. The zero-order valence-corrected chi connectivity index (χ0v) is 10.6. The lowest BCUT2D eigenvalue weighted by Gasteiger charge is -2.31. The summed E-state index contributed by atoms with van der Waals surface area (Å²) >= 11 is 0. The van der Waals surface area contributed by atoms with Gasteiger partial charge in [0.1, 0.15) is 0 Å². The summed E-state index contributed by atoms with van der Waals surface area (Å²) in [6, 6.07) is 1.53. The van der Waals surface area contributed by atoms with Crippen LogP contribution in [0.2, 0.25) is 0 Å². The van der Waals surface area contributed by atoms with E-state index in [-0.39, 0.29) is 0 Å². The van der Waals surface area contributed by atoms with E-state index in [1.54, 1.807) is 0 Å². The second-order valence-electron chi connectivity index (χ2n) is 4.93. The Hall–Kier alpha value is -0.560. The van der Waals surface area contributed by atoms with E-state index in [1.165, 1.54) is 57.8 Å². The van der Waals surface area contributed by atoms with Crippen LogP contribution in [0.3, 0.4) is 0 Å². The topological polar surface area (TPSA) is 12.0 Å². The fourth-order valence-corrected chi connectivity index (χ4v) is 2.58. The molecule has 0 radical (unpaired) electrons. The summed E-state index contributed by atoms with van der Waals surface area (Å²) in [4.78, 5) is 0. The molecule has 1 nitrogen and oxygen atoms in total. The predicted octanol–water partition coefficient (Wildman–Crippen LogP) is 4.21. The summed E-state index contributed by atoms with van der Waals surface area (Å²) in [5.41, 5.74) is 0. The largest absolute Gasteiger partial charge is 0.311 e. The van der Waals surface area contributed by atoms with Crippen molar-refractivity contribution in [3.63, 3.8) is 0 Å². The van der Waals surface area contributed by atoms with Gasteiger partial charge in [-0.3, -0.25) is 0 Å². The van der Waals surface area contributed by atoms with Crippen molar-refractivity contribution in [1.82, 2.24) is 5.32 Å². The number of nitrogens with one attached hydrogen (secondary N) is 1. The second-order valence-corrected chi connectivity index (χ2v) is 4.93. The summed E-state index contributed by atoms with van der Waals surface area (Å²) in [6.07, 6.45) is 15.8. The Kier molecular flexibility index (Phi) is 7.24. The fraction of sp³-hybridized carbons (Fsp3) is 0.733. The third-order valence-corrected chi connectivity index (χ3v) is 3.50. The summed E-state index contributed by atoms with van der Waals surface area (Å²) in [5.74, 6) is 0. The molecule has 1 fully saturated rings. The first-order valence-corrected chi connectivity index (χ1v) is 6.84. The van der Waals surface area contributed by atoms with Crippen molar-refractivity contribution < 1.29 is 0 Å². The summed E-state index contributed by atoms with van der Waals surface area (Å²) < 4.78 is 0. The van der Waals surface area contributed by atoms with Gasteiger partial charge in [-0.15, -0.1) is 13.2 Å². The molecule has 1 saturated heterocycles. The van der Waals surface area contributed by atoms with E-state index in [0.717, 1.165) is 12.1 Å². The molecule has 0 aromatic rings. The van der Waals surface area contributed by atoms with Gasteiger partial charge in [0.2, 0.25) is 0 Å². The van der Waals surface area contributed by atoms with Gasteiger partial charge in [-0.1, -0.05) is 18.6 Å². The van der Waals surface area contributed by atoms with Crippen molar-refractivity contribution in [1.29, 1.82) is 0 Å². The van der Waals surface area contributed by atoms with Crippen LogP contribution in [0.15, 0.2) is 25.3 Å². The van der Waals surface area contributed by atoms with Gasteiger partial charge in [-0.2, -0.15) is 0 Å². The van der Waals surface area contributed by atoms with Crippen LogP contribution >= 0.6 is 0 Å². The molecule has 1 heteroatoms. The molecule has 0 bridgehead atoms. The van der Waals surface area contributed by atoms with Crippen LogP contribution in [0.5, 0.6) is 0 Å². The maximum atomic E-state index is 3.80. The van der Waals surface area contributed by atoms with E-state index in [9.17, 15) is 0 Å². The highest BCUT2D eigenvalue weighted by molar-refractivity contribution is 4.82. The van der Waals surface area contributed by atoms with Gasteiger partial charge in [0.25, 0.3) is 0 Å². The molecular formula is C15H27N. The lowest BCUT2D eigenvalue weighted by molar-refractivity contribution is 0.290. The summed E-state index contributed by atoms with van der Waals surface area (Å²) in [5, 5.41) is 3.80. The van der Waals surface area contributed by atoms with Crippen LogP contribution in [-0.4, -0.2) is 12.1 Å². The van der Waals surface area contributed by atoms with E-state index < -0.39 is 0 Å². The Bertz CT molecular complexity index is 178. The number of allylic oxidation sites excluding steroid dienone is 2. The van der Waals surface area contributed by atoms with Gasteiger partial charge in [-0.25, -0.2) is 0 Å². The third-order valence-electron chi connectivity index (χ3n) is 3.50. The Labute approximate surface area is 101 Å². The highest BCUT2D eigenvalue weighted by Crippen LogP contribution is 2.20. The summed E-state index contributed by atoms with van der Waals surface area (Å²) in [6.45, 7) is 7.56. The Balaban J connectivity index is 2.13. The van der Waals surface area contributed by atoms with Crippen LogP contribution in [0.25, 0.3) is 0 Å². The molecule has 0 aromatic carbocycles. The molecule has 0 aromatic heterocycles. The number of rotatable bonds is 8. The molecule has 1 aliphatic rings. The van der Waals surface area contributed by atoms with Gasteiger partial charge >= 0.3 is 0 Å². The SMILES string of the molecule is C=CCCCC1CCCC(CCCC=C)N1. The standard InChI is InChI=1S/C15H27N/c1-3-5-7-10-14-12-9-13-15(16-14)11-8-6-4-2/h3-4,14-16H,1-2,5-13H2. The van der Waals surface area contributed by atoms with Crippen LogP contribution in [0.4, 0.5) is 0 Å². The number of hydrogen-bond donors (Lipinski definition) is 1. The second kappa shape index (κ2) is 8.58. The molecule has 2 unspecified atom stereocenters. The normalized spacial score (nSPS) is 25.2. The van der Waals surface area contributed by atoms with Crippen molar-refractivity contribution in [3.05, 3.63) is 25.3 Å². The molecule has 92 valence electrons. The number of hydrogen-bond acceptors (Lipinski definition) is 1. The maximum Gasteiger partial charge on any atom is 0.00697 e. The molecule has 1 rings (SSSR count). The first kappa shape index (κ1) is 13.5. The zero-order valence-electron chi connectivity index (χ0n) is 10.6. The Morgan fingerprint density at radius 1 is 0.938 bits per heavy atom. The van der Waals surface area contributed by atoms with Gasteiger partial charge < -0.3 is 5.32 Å². The lowest BCUT2D eigenvalue weighted by Crippen LogP contribution is -2.42. The van der Waals surface area contributed by atoms with Crippen LogP contribution < -0.4 is 5.32 Å². The maximum absolute atomic E-state index is 3.80. The van der Waals surface area contributed by atoms with Crippen molar-refractivity contribution in [3.8, 4) is 0 Å². The smallest absolute Gasteiger partial charge is 0.00697 e. The van der Waals surface area contributed by atoms with E-state index in [4.69, 9.17) is 0 Å². The van der Waals surface area contributed by atoms with Crippen LogP contribution in [-0.2, 0) is 0 Å². The van der Waals surface area contributed by atoms with Gasteiger partial charge in [0.05, 0.1) is 0 Å². The van der Waals surface area contributed by atoms with Crippen molar-refractivity contribution in [2.75, 3.05) is 0 Å². The molecule has 0 aliphatic carbocycles. The van der Waals surface area contributed by atoms with Crippen LogP contribution in [0.1, 0.15) is 57.8 Å². The molecule has 0 spiro atoms. The highest BCUT2D eigenvalue weighted by atomic mass is 15.0. The fourth-order valence-electron chi connectivity index (χ4n) is 2.58. The predicted molar refractivity (Wildman–Crippen MR) is 72.7 cm³/mol. The van der Waals surface area contributed by atoms with E-state index >= 15 is 0 Å². The number of unbranched alkanes of at least 4 members (excludes halogenated alkanes) is 2. The van der Waals surface area contributed by atoms with E-state index in [1.807, 2.05) is 12.2 Å². The van der Waals surface area contributed by atoms with Gasteiger partial charge in [0.15, 0.2) is 0 Å². The van der Waals surface area contributed by atoms with Gasteiger partial charge in [-0.05, 0) is 51.4 Å². The molecule has 0 saturated carbocycles. The molecule has 1 aliphatic heterocycles. The minimum atomic E-state index is 0.766. The molecule has 2 atom stereocenters. The summed E-state index contributed by atoms with van der Waals surface area (Å²) in [7, 11) is 0. The Morgan fingerprint density at radius 2 is 1.44 bits per heavy atom. The minimum absolute atomic E-state index is 0.766. The lowest BCUT2D eigenvalue weighted by atomic mass is 9.92. The van der Waals surface area contributed by atoms with E-state index in [0.29, 0.717) is 0 Å². The zero-order chi connectivity index (χ0) is 11.6. The highest BCUT2D eigenvalue weighted by Gasteiger charge is 2.19. The quantitative estimate of drug-likeness (QED) is 0.478. The number of piperidine rings is 1. The van der Waals surface area contributed by atoms with Crippen molar-refractivity contribution >= 4 is 0 Å². The molecular weight excluding hydrogens is 194 g/mol. The average Bonchev–Trinajstić information content (AvgIpc) is 2.30. The van der Waals surface area contributed by atoms with Crippen molar-refractivity contribution in [2.24, 2.45) is 0 Å².